The summed E-state index contributed by atoms with van der Waals surface area (Å²) >= 11 is 0. The van der Waals surface area contributed by atoms with Gasteiger partial charge in [0, 0.05) is 25.5 Å². The van der Waals surface area contributed by atoms with E-state index in [1.165, 1.54) is 5.56 Å². The fourth-order valence-corrected chi connectivity index (χ4v) is 1.57. The molecule has 3 nitrogen and oxygen atoms in total. The molecular formula is C12H21N3. The van der Waals surface area contributed by atoms with Crippen LogP contribution in [0.2, 0.25) is 0 Å². The lowest BCUT2D eigenvalue weighted by Crippen LogP contribution is -2.29. The van der Waals surface area contributed by atoms with Crippen molar-refractivity contribution in [1.29, 1.82) is 0 Å². The fourth-order valence-electron chi connectivity index (χ4n) is 1.57. The molecule has 0 saturated heterocycles. The number of hydrogen-bond acceptors (Lipinski definition) is 3. The van der Waals surface area contributed by atoms with E-state index in [-0.39, 0.29) is 0 Å². The monoisotopic (exact) mass is 207 g/mol. The van der Waals surface area contributed by atoms with E-state index in [1.54, 1.807) is 0 Å². The Morgan fingerprint density at radius 1 is 1.40 bits per heavy atom. The van der Waals surface area contributed by atoms with Gasteiger partial charge in [-0.25, -0.2) is 0 Å². The molecule has 0 aliphatic carbocycles. The molecule has 1 heterocycles. The number of rotatable bonds is 6. The highest BCUT2D eigenvalue weighted by atomic mass is 15.1. The highest BCUT2D eigenvalue weighted by Crippen LogP contribution is 2.01. The van der Waals surface area contributed by atoms with E-state index < -0.39 is 0 Å². The van der Waals surface area contributed by atoms with E-state index in [0.717, 1.165) is 26.1 Å². The first-order valence-electron chi connectivity index (χ1n) is 5.50. The second kappa shape index (κ2) is 6.53. The largest absolute Gasteiger partial charge is 0.330 e. The van der Waals surface area contributed by atoms with Gasteiger partial charge < -0.3 is 10.6 Å². The van der Waals surface area contributed by atoms with Crippen LogP contribution in [0.15, 0.2) is 24.5 Å². The number of pyridine rings is 1. The van der Waals surface area contributed by atoms with E-state index in [1.807, 2.05) is 12.4 Å². The van der Waals surface area contributed by atoms with Gasteiger partial charge in [0.05, 0.1) is 0 Å². The summed E-state index contributed by atoms with van der Waals surface area (Å²) in [5.74, 6) is 0.576. The first-order valence-corrected chi connectivity index (χ1v) is 5.50. The molecule has 3 heteroatoms. The Bertz CT molecular complexity index is 261. The highest BCUT2D eigenvalue weighted by Gasteiger charge is 2.04. The van der Waals surface area contributed by atoms with Crippen molar-refractivity contribution >= 4 is 0 Å². The second-order valence-electron chi connectivity index (χ2n) is 4.21. The lowest BCUT2D eigenvalue weighted by atomic mass is 10.1. The van der Waals surface area contributed by atoms with Crippen molar-refractivity contribution in [3.8, 4) is 0 Å². The van der Waals surface area contributed by atoms with Crippen molar-refractivity contribution in [1.82, 2.24) is 9.88 Å². The Labute approximate surface area is 92.3 Å². The second-order valence-corrected chi connectivity index (χ2v) is 4.21. The number of hydrogen-bond donors (Lipinski definition) is 1. The average Bonchev–Trinajstić information content (AvgIpc) is 2.27. The Morgan fingerprint density at radius 3 is 2.67 bits per heavy atom. The summed E-state index contributed by atoms with van der Waals surface area (Å²) in [5.41, 5.74) is 6.94. The minimum atomic E-state index is 0.576. The van der Waals surface area contributed by atoms with Gasteiger partial charge in [-0.15, -0.1) is 0 Å². The van der Waals surface area contributed by atoms with E-state index in [9.17, 15) is 0 Å². The van der Waals surface area contributed by atoms with Gasteiger partial charge in [-0.05, 0) is 43.6 Å². The summed E-state index contributed by atoms with van der Waals surface area (Å²) in [5, 5.41) is 0. The van der Waals surface area contributed by atoms with Crippen LogP contribution < -0.4 is 5.73 Å². The third-order valence-corrected chi connectivity index (χ3v) is 2.56. The predicted molar refractivity (Wildman–Crippen MR) is 63.7 cm³/mol. The topological polar surface area (TPSA) is 42.1 Å². The maximum Gasteiger partial charge on any atom is 0.0270 e. The first-order chi connectivity index (χ1) is 7.22. The molecule has 1 aromatic rings. The maximum atomic E-state index is 5.59. The van der Waals surface area contributed by atoms with Crippen LogP contribution in [0.4, 0.5) is 0 Å². The van der Waals surface area contributed by atoms with Gasteiger partial charge in [-0.3, -0.25) is 4.98 Å². The maximum absolute atomic E-state index is 5.59. The van der Waals surface area contributed by atoms with Crippen LogP contribution in [0.3, 0.4) is 0 Å². The van der Waals surface area contributed by atoms with Gasteiger partial charge in [-0.1, -0.05) is 6.92 Å². The van der Waals surface area contributed by atoms with E-state index in [2.05, 4.69) is 36.0 Å². The minimum Gasteiger partial charge on any atom is -0.330 e. The molecule has 0 aliphatic heterocycles. The molecule has 0 amide bonds. The van der Waals surface area contributed by atoms with Crippen molar-refractivity contribution in [3.05, 3.63) is 30.1 Å². The fraction of sp³-hybridized carbons (Fsp3) is 0.583. The third-order valence-electron chi connectivity index (χ3n) is 2.56. The highest BCUT2D eigenvalue weighted by molar-refractivity contribution is 5.09. The Hall–Kier alpha value is -0.930. The van der Waals surface area contributed by atoms with Crippen LogP contribution in [0.1, 0.15) is 12.5 Å². The van der Waals surface area contributed by atoms with Crippen molar-refractivity contribution in [2.75, 3.05) is 26.7 Å². The molecule has 0 aromatic carbocycles. The van der Waals surface area contributed by atoms with Crippen LogP contribution in [-0.4, -0.2) is 36.6 Å². The molecule has 84 valence electrons. The normalized spacial score (nSPS) is 13.1. The number of nitrogens with zero attached hydrogens (tertiary/aromatic N) is 2. The summed E-state index contributed by atoms with van der Waals surface area (Å²) in [6.45, 7) is 5.10. The van der Waals surface area contributed by atoms with Crippen LogP contribution in [0.5, 0.6) is 0 Å². The number of nitrogens with two attached hydrogens (primary N) is 1. The quantitative estimate of drug-likeness (QED) is 0.761. The van der Waals surface area contributed by atoms with E-state index in [4.69, 9.17) is 5.73 Å². The molecule has 1 unspecified atom stereocenters. The third kappa shape index (κ3) is 4.91. The molecule has 1 aromatic heterocycles. The lowest BCUT2D eigenvalue weighted by Gasteiger charge is -2.20. The van der Waals surface area contributed by atoms with Gasteiger partial charge in [0.2, 0.25) is 0 Å². The van der Waals surface area contributed by atoms with E-state index >= 15 is 0 Å². The van der Waals surface area contributed by atoms with Gasteiger partial charge in [0.15, 0.2) is 0 Å². The van der Waals surface area contributed by atoms with Crippen molar-refractivity contribution < 1.29 is 0 Å². The molecule has 0 radical (unpaired) electrons. The van der Waals surface area contributed by atoms with Crippen molar-refractivity contribution in [2.24, 2.45) is 11.7 Å². The Balaban J connectivity index is 2.25. The molecule has 1 rings (SSSR count). The molecule has 15 heavy (non-hydrogen) atoms. The minimum absolute atomic E-state index is 0.576. The Morgan fingerprint density at radius 2 is 2.07 bits per heavy atom. The standard InChI is InChI=1S/C12H21N3/c1-11(9-13)10-15(2)8-5-12-3-6-14-7-4-12/h3-4,6-7,11H,5,8-10,13H2,1-2H3. The molecule has 1 atom stereocenters. The lowest BCUT2D eigenvalue weighted by molar-refractivity contribution is 0.292. The molecule has 0 fully saturated rings. The van der Waals surface area contributed by atoms with Crippen molar-refractivity contribution in [3.63, 3.8) is 0 Å². The summed E-state index contributed by atoms with van der Waals surface area (Å²) < 4.78 is 0. The molecule has 0 bridgehead atoms. The summed E-state index contributed by atoms with van der Waals surface area (Å²) in [6, 6.07) is 4.14. The average molecular weight is 207 g/mol. The molecule has 0 spiro atoms. The number of aromatic nitrogens is 1. The summed E-state index contributed by atoms with van der Waals surface area (Å²) in [4.78, 5) is 6.34. The molecular weight excluding hydrogens is 186 g/mol. The van der Waals surface area contributed by atoms with Gasteiger partial charge in [0.1, 0.15) is 0 Å². The predicted octanol–water partition coefficient (Wildman–Crippen LogP) is 1.15. The zero-order valence-electron chi connectivity index (χ0n) is 9.69. The smallest absolute Gasteiger partial charge is 0.0270 e. The van der Waals surface area contributed by atoms with Crippen LogP contribution in [0.25, 0.3) is 0 Å². The zero-order chi connectivity index (χ0) is 11.1. The SMILES string of the molecule is CC(CN)CN(C)CCc1ccncc1. The molecule has 0 aliphatic rings. The van der Waals surface area contributed by atoms with Crippen LogP contribution in [-0.2, 0) is 6.42 Å². The van der Waals surface area contributed by atoms with E-state index in [0.29, 0.717) is 5.92 Å². The zero-order valence-corrected chi connectivity index (χ0v) is 9.69. The first kappa shape index (κ1) is 12.1. The molecule has 2 N–H and O–H groups in total. The van der Waals surface area contributed by atoms with Gasteiger partial charge in [-0.2, -0.15) is 0 Å². The van der Waals surface area contributed by atoms with Crippen LogP contribution >= 0.6 is 0 Å². The number of likely N-dealkylation sites (N-methyl/N-ethyl adjacent to an activating group) is 1. The summed E-state index contributed by atoms with van der Waals surface area (Å²) in [6.07, 6.45) is 4.77. The van der Waals surface area contributed by atoms with Gasteiger partial charge >= 0.3 is 0 Å². The Kier molecular flexibility index (Phi) is 5.29. The van der Waals surface area contributed by atoms with Gasteiger partial charge in [0.25, 0.3) is 0 Å². The van der Waals surface area contributed by atoms with Crippen molar-refractivity contribution in [2.45, 2.75) is 13.3 Å². The molecule has 0 saturated carbocycles. The van der Waals surface area contributed by atoms with Crippen LogP contribution in [0, 0.1) is 5.92 Å². The summed E-state index contributed by atoms with van der Waals surface area (Å²) in [7, 11) is 2.15.